The van der Waals surface area contributed by atoms with Gasteiger partial charge >= 0.3 is 5.97 Å². The Morgan fingerprint density at radius 1 is 1.07 bits per heavy atom. The average molecular weight is 381 g/mol. The topological polar surface area (TPSA) is 77.8 Å². The molecule has 6 heteroatoms. The number of esters is 1. The van der Waals surface area contributed by atoms with Gasteiger partial charge in [0.05, 0.1) is 6.61 Å². The summed E-state index contributed by atoms with van der Waals surface area (Å²) in [5.74, 6) is -0.656. The van der Waals surface area contributed by atoms with Gasteiger partial charge in [-0.15, -0.1) is 0 Å². The van der Waals surface area contributed by atoms with Crippen molar-refractivity contribution in [2.75, 3.05) is 19.0 Å². The van der Waals surface area contributed by atoms with Crippen molar-refractivity contribution in [3.63, 3.8) is 0 Å². The summed E-state index contributed by atoms with van der Waals surface area (Å²) in [6, 6.07) is 14.8. The van der Waals surface area contributed by atoms with E-state index in [-0.39, 0.29) is 12.4 Å². The third-order valence-electron chi connectivity index (χ3n) is 4.37. The zero-order valence-electron chi connectivity index (χ0n) is 16.2. The SMILES string of the molecule is COCc1c(C(=O)OCC(=O)Nc2ccc(C(C)C)cc2)oc2ccccc12. The zero-order valence-corrected chi connectivity index (χ0v) is 16.2. The molecule has 146 valence electrons. The second-order valence-corrected chi connectivity index (χ2v) is 6.74. The van der Waals surface area contributed by atoms with Crippen LogP contribution in [-0.2, 0) is 20.9 Å². The van der Waals surface area contributed by atoms with E-state index in [2.05, 4.69) is 19.2 Å². The highest BCUT2D eigenvalue weighted by molar-refractivity contribution is 5.98. The molecule has 2 aromatic carbocycles. The smallest absolute Gasteiger partial charge is 0.375 e. The normalized spacial score (nSPS) is 11.0. The summed E-state index contributed by atoms with van der Waals surface area (Å²) >= 11 is 0. The Kier molecular flexibility index (Phi) is 6.11. The number of para-hydroxylation sites is 1. The van der Waals surface area contributed by atoms with Crippen LogP contribution in [0, 0.1) is 0 Å². The summed E-state index contributed by atoms with van der Waals surface area (Å²) in [5.41, 5.74) is 3.00. The number of carbonyl (C=O) groups is 2. The molecule has 0 atom stereocenters. The van der Waals surface area contributed by atoms with Crippen molar-refractivity contribution in [2.24, 2.45) is 0 Å². The van der Waals surface area contributed by atoms with Crippen LogP contribution >= 0.6 is 0 Å². The molecule has 3 rings (SSSR count). The monoisotopic (exact) mass is 381 g/mol. The molecule has 0 saturated heterocycles. The first-order valence-electron chi connectivity index (χ1n) is 9.06. The first-order valence-corrected chi connectivity index (χ1v) is 9.06. The largest absolute Gasteiger partial charge is 0.450 e. The number of carbonyl (C=O) groups excluding carboxylic acids is 2. The van der Waals surface area contributed by atoms with Gasteiger partial charge < -0.3 is 19.2 Å². The fourth-order valence-corrected chi connectivity index (χ4v) is 2.90. The third-order valence-corrected chi connectivity index (χ3v) is 4.37. The minimum atomic E-state index is -0.700. The number of hydrogen-bond donors (Lipinski definition) is 1. The second kappa shape index (κ2) is 8.71. The molecule has 0 aliphatic heterocycles. The fourth-order valence-electron chi connectivity index (χ4n) is 2.90. The molecule has 0 radical (unpaired) electrons. The summed E-state index contributed by atoms with van der Waals surface area (Å²) < 4.78 is 15.9. The van der Waals surface area contributed by atoms with Gasteiger partial charge in [-0.3, -0.25) is 4.79 Å². The van der Waals surface area contributed by atoms with Crippen molar-refractivity contribution in [3.8, 4) is 0 Å². The van der Waals surface area contributed by atoms with Crippen molar-refractivity contribution in [2.45, 2.75) is 26.4 Å². The van der Waals surface area contributed by atoms with Crippen molar-refractivity contribution in [1.29, 1.82) is 0 Å². The molecule has 6 nitrogen and oxygen atoms in total. The van der Waals surface area contributed by atoms with Crippen molar-refractivity contribution in [3.05, 3.63) is 65.4 Å². The first kappa shape index (κ1) is 19.6. The van der Waals surface area contributed by atoms with Gasteiger partial charge in [0, 0.05) is 23.7 Å². The van der Waals surface area contributed by atoms with Crippen molar-refractivity contribution >= 4 is 28.5 Å². The minimum Gasteiger partial charge on any atom is -0.450 e. The van der Waals surface area contributed by atoms with Crippen LogP contribution in [0.4, 0.5) is 5.69 Å². The van der Waals surface area contributed by atoms with E-state index in [9.17, 15) is 9.59 Å². The maximum atomic E-state index is 12.4. The van der Waals surface area contributed by atoms with E-state index >= 15 is 0 Å². The fraction of sp³-hybridized carbons (Fsp3) is 0.273. The molecule has 3 aromatic rings. The highest BCUT2D eigenvalue weighted by atomic mass is 16.5. The van der Waals surface area contributed by atoms with Gasteiger partial charge in [-0.25, -0.2) is 4.79 Å². The van der Waals surface area contributed by atoms with Crippen molar-refractivity contribution in [1.82, 2.24) is 0 Å². The van der Waals surface area contributed by atoms with Crippen LogP contribution in [0.5, 0.6) is 0 Å². The van der Waals surface area contributed by atoms with E-state index in [1.165, 1.54) is 12.7 Å². The molecular weight excluding hydrogens is 358 g/mol. The quantitative estimate of drug-likeness (QED) is 0.610. The number of amides is 1. The molecule has 1 N–H and O–H groups in total. The summed E-state index contributed by atoms with van der Waals surface area (Å²) in [5, 5.41) is 3.49. The van der Waals surface area contributed by atoms with Gasteiger partial charge in [0.2, 0.25) is 5.76 Å². The molecule has 28 heavy (non-hydrogen) atoms. The van der Waals surface area contributed by atoms with E-state index in [4.69, 9.17) is 13.9 Å². The molecule has 1 amide bonds. The summed E-state index contributed by atoms with van der Waals surface area (Å²) in [7, 11) is 1.54. The van der Waals surface area contributed by atoms with Gasteiger partial charge in [-0.05, 0) is 29.7 Å². The summed E-state index contributed by atoms with van der Waals surface area (Å²) in [6.07, 6.45) is 0. The Labute approximate surface area is 163 Å². The lowest BCUT2D eigenvalue weighted by atomic mass is 10.0. The zero-order chi connectivity index (χ0) is 20.1. The van der Waals surface area contributed by atoms with E-state index in [0.717, 1.165) is 5.39 Å². The van der Waals surface area contributed by atoms with E-state index in [1.807, 2.05) is 42.5 Å². The molecule has 0 spiro atoms. The first-order chi connectivity index (χ1) is 13.5. The Balaban J connectivity index is 1.64. The number of rotatable bonds is 7. The number of benzene rings is 2. The molecule has 0 fully saturated rings. The summed E-state index contributed by atoms with van der Waals surface area (Å²) in [6.45, 7) is 4.00. The molecule has 0 aliphatic carbocycles. The van der Waals surface area contributed by atoms with Crippen LogP contribution in [0.2, 0.25) is 0 Å². The lowest BCUT2D eigenvalue weighted by molar-refractivity contribution is -0.119. The van der Waals surface area contributed by atoms with Crippen molar-refractivity contribution < 1.29 is 23.5 Å². The standard InChI is InChI=1S/C22H23NO5/c1-14(2)15-8-10-16(11-9-15)23-20(24)13-27-22(25)21-18(12-26-3)17-6-4-5-7-19(17)28-21/h4-11,14H,12-13H2,1-3H3,(H,23,24). The maximum Gasteiger partial charge on any atom is 0.375 e. The minimum absolute atomic E-state index is 0.0529. The van der Waals surface area contributed by atoms with Crippen LogP contribution in [0.25, 0.3) is 11.0 Å². The van der Waals surface area contributed by atoms with E-state index in [0.29, 0.717) is 22.8 Å². The Morgan fingerprint density at radius 2 is 1.79 bits per heavy atom. The number of methoxy groups -OCH3 is 1. The van der Waals surface area contributed by atoms with E-state index < -0.39 is 18.5 Å². The van der Waals surface area contributed by atoms with Crippen LogP contribution in [-0.4, -0.2) is 25.6 Å². The van der Waals surface area contributed by atoms with Gasteiger partial charge in [0.15, 0.2) is 6.61 Å². The predicted molar refractivity (Wildman–Crippen MR) is 106 cm³/mol. The molecule has 0 bridgehead atoms. The average Bonchev–Trinajstić information content (AvgIpc) is 3.06. The Hall–Kier alpha value is -3.12. The maximum absolute atomic E-state index is 12.4. The number of ether oxygens (including phenoxy) is 2. The molecule has 1 heterocycles. The van der Waals surface area contributed by atoms with Crippen LogP contribution in [0.3, 0.4) is 0 Å². The number of fused-ring (bicyclic) bond motifs is 1. The number of hydrogen-bond acceptors (Lipinski definition) is 5. The van der Waals surface area contributed by atoms with Crippen LogP contribution in [0.1, 0.15) is 41.4 Å². The molecule has 1 aromatic heterocycles. The number of nitrogens with one attached hydrogen (secondary N) is 1. The molecular formula is C22H23NO5. The highest BCUT2D eigenvalue weighted by Crippen LogP contribution is 2.27. The lowest BCUT2D eigenvalue weighted by Crippen LogP contribution is -2.21. The van der Waals surface area contributed by atoms with Gasteiger partial charge in [-0.1, -0.05) is 44.2 Å². The number of furan rings is 1. The van der Waals surface area contributed by atoms with Crippen LogP contribution < -0.4 is 5.32 Å². The van der Waals surface area contributed by atoms with E-state index in [1.54, 1.807) is 6.07 Å². The molecule has 0 aliphatic rings. The Morgan fingerprint density at radius 3 is 2.46 bits per heavy atom. The van der Waals surface area contributed by atoms with Gasteiger partial charge in [0.25, 0.3) is 5.91 Å². The number of anilines is 1. The van der Waals surface area contributed by atoms with Crippen LogP contribution in [0.15, 0.2) is 52.9 Å². The van der Waals surface area contributed by atoms with Gasteiger partial charge in [-0.2, -0.15) is 0 Å². The Bertz CT molecular complexity index is 972. The lowest BCUT2D eigenvalue weighted by Gasteiger charge is -2.09. The molecule has 0 unspecified atom stereocenters. The predicted octanol–water partition coefficient (Wildman–Crippen LogP) is 4.50. The third kappa shape index (κ3) is 4.40. The second-order valence-electron chi connectivity index (χ2n) is 6.74. The highest BCUT2D eigenvalue weighted by Gasteiger charge is 2.22. The van der Waals surface area contributed by atoms with Gasteiger partial charge in [0.1, 0.15) is 5.58 Å². The summed E-state index contributed by atoms with van der Waals surface area (Å²) in [4.78, 5) is 24.5. The molecule has 0 saturated carbocycles.